The number of hydrogen-bond donors (Lipinski definition) is 3. The van der Waals surface area contributed by atoms with E-state index in [1.807, 2.05) is 0 Å². The van der Waals surface area contributed by atoms with Crippen LogP contribution in [0.3, 0.4) is 0 Å². The summed E-state index contributed by atoms with van der Waals surface area (Å²) in [6.07, 6.45) is -10.2. The first kappa shape index (κ1) is 28.8. The first-order valence-electron chi connectivity index (χ1n) is 11.0. The Labute approximate surface area is 221 Å². The van der Waals surface area contributed by atoms with Crippen LogP contribution in [0.15, 0.2) is 46.9 Å². The molecule has 0 amide bonds. The van der Waals surface area contributed by atoms with Crippen molar-refractivity contribution in [2.45, 2.75) is 35.1 Å². The number of nitrogens with zero attached hydrogens (tertiary/aromatic N) is 5. The maximum atomic E-state index is 13.9. The summed E-state index contributed by atoms with van der Waals surface area (Å²) in [5.74, 6) is -1.68. The summed E-state index contributed by atoms with van der Waals surface area (Å²) in [4.78, 5) is 0.446. The number of anilines is 1. The molecule has 10 nitrogen and oxygen atoms in total. The Morgan fingerprint density at radius 2 is 1.85 bits per heavy atom. The molecule has 2 unspecified atom stereocenters. The van der Waals surface area contributed by atoms with E-state index in [2.05, 4.69) is 27.2 Å². The van der Waals surface area contributed by atoms with Gasteiger partial charge in [-0.15, -0.1) is 21.5 Å². The van der Waals surface area contributed by atoms with Crippen LogP contribution in [0.4, 0.5) is 32.0 Å². The van der Waals surface area contributed by atoms with Crippen LogP contribution in [0.1, 0.15) is 17.4 Å². The lowest BCUT2D eigenvalue weighted by molar-refractivity contribution is -0.258. The van der Waals surface area contributed by atoms with E-state index in [4.69, 9.17) is 0 Å². The maximum Gasteiger partial charge on any atom is 0.429 e. The standard InChI is InChI=1S/C21H20F6N6O4S2/c1-11-10-32(15-4-3-13(18-28-30-31-29-18)9-14(15)20(22,23)24)7-8-33(11)39(36,37)17-6-5-16(38-17)19(35,12(2)34)21(25,26)27/h3-6,9,11,34-35H,2,7-8,10H2,1H3,(H,28,29,30,31). The molecule has 18 heteroatoms. The molecule has 0 aliphatic carbocycles. The van der Waals surface area contributed by atoms with Crippen LogP contribution in [-0.4, -0.2) is 75.4 Å². The Bertz CT molecular complexity index is 1470. The molecule has 1 aliphatic heterocycles. The minimum atomic E-state index is -5.39. The van der Waals surface area contributed by atoms with E-state index in [0.29, 0.717) is 6.07 Å². The van der Waals surface area contributed by atoms with Crippen molar-refractivity contribution in [2.24, 2.45) is 0 Å². The molecular formula is C21H20F6N6O4S2. The second-order valence-electron chi connectivity index (χ2n) is 8.65. The van der Waals surface area contributed by atoms with Crippen LogP contribution in [-0.2, 0) is 21.8 Å². The lowest BCUT2D eigenvalue weighted by Crippen LogP contribution is -2.54. The fourth-order valence-electron chi connectivity index (χ4n) is 4.19. The molecule has 0 bridgehead atoms. The third kappa shape index (κ3) is 5.08. The second-order valence-corrected chi connectivity index (χ2v) is 11.9. The molecule has 0 spiro atoms. The third-order valence-corrected chi connectivity index (χ3v) is 9.82. The lowest BCUT2D eigenvalue weighted by atomic mass is 10.00. The lowest BCUT2D eigenvalue weighted by Gasteiger charge is -2.40. The molecule has 0 radical (unpaired) electrons. The number of sulfonamides is 1. The predicted octanol–water partition coefficient (Wildman–Crippen LogP) is 3.67. The predicted molar refractivity (Wildman–Crippen MR) is 126 cm³/mol. The molecule has 1 fully saturated rings. The number of nitrogens with one attached hydrogen (secondary N) is 1. The minimum Gasteiger partial charge on any atom is -0.509 e. The molecule has 2 atom stereocenters. The number of aliphatic hydroxyl groups excluding tert-OH is 1. The average Bonchev–Trinajstić information content (AvgIpc) is 3.54. The van der Waals surface area contributed by atoms with Crippen LogP contribution >= 0.6 is 11.3 Å². The van der Waals surface area contributed by atoms with E-state index < -0.39 is 54.4 Å². The van der Waals surface area contributed by atoms with Gasteiger partial charge in [-0.1, -0.05) is 6.58 Å². The Hall–Kier alpha value is -3.22. The summed E-state index contributed by atoms with van der Waals surface area (Å²) < 4.78 is 109. The van der Waals surface area contributed by atoms with Gasteiger partial charge in [0.25, 0.3) is 15.6 Å². The molecular weight excluding hydrogens is 578 g/mol. The highest BCUT2D eigenvalue weighted by Crippen LogP contribution is 2.46. The molecule has 212 valence electrons. The number of aromatic nitrogens is 4. The zero-order valence-electron chi connectivity index (χ0n) is 19.8. The zero-order chi connectivity index (χ0) is 29.0. The van der Waals surface area contributed by atoms with E-state index in [0.717, 1.165) is 16.4 Å². The van der Waals surface area contributed by atoms with Gasteiger partial charge >= 0.3 is 12.4 Å². The van der Waals surface area contributed by atoms with E-state index in [1.54, 1.807) is 0 Å². The van der Waals surface area contributed by atoms with Gasteiger partial charge in [0.05, 0.1) is 10.4 Å². The fraction of sp³-hybridized carbons (Fsp3) is 0.381. The quantitative estimate of drug-likeness (QED) is 0.289. The van der Waals surface area contributed by atoms with Crippen molar-refractivity contribution in [3.05, 3.63) is 53.1 Å². The van der Waals surface area contributed by atoms with Gasteiger partial charge in [-0.2, -0.15) is 35.9 Å². The molecule has 1 aliphatic rings. The zero-order valence-corrected chi connectivity index (χ0v) is 21.5. The average molecular weight is 599 g/mol. The Kier molecular flexibility index (Phi) is 7.20. The number of H-pyrrole nitrogens is 1. The van der Waals surface area contributed by atoms with Gasteiger partial charge in [0.1, 0.15) is 9.97 Å². The molecule has 3 aromatic rings. The summed E-state index contributed by atoms with van der Waals surface area (Å²) in [6, 6.07) is 4.13. The number of thiophene rings is 1. The molecule has 3 N–H and O–H groups in total. The topological polar surface area (TPSA) is 136 Å². The van der Waals surface area contributed by atoms with Crippen molar-refractivity contribution >= 4 is 27.0 Å². The number of hydrogen-bond acceptors (Lipinski definition) is 9. The van der Waals surface area contributed by atoms with Gasteiger partial charge in [-0.25, -0.2) is 8.42 Å². The first-order valence-corrected chi connectivity index (χ1v) is 13.2. The van der Waals surface area contributed by atoms with E-state index in [1.165, 1.54) is 24.0 Å². The molecule has 1 aromatic carbocycles. The summed E-state index contributed by atoms with van der Waals surface area (Å²) >= 11 is 0.0986. The van der Waals surface area contributed by atoms with Crippen molar-refractivity contribution in [2.75, 3.05) is 24.5 Å². The summed E-state index contributed by atoms with van der Waals surface area (Å²) in [5.41, 5.74) is -5.01. The Morgan fingerprint density at radius 1 is 1.15 bits per heavy atom. The van der Waals surface area contributed by atoms with Crippen molar-refractivity contribution < 1.29 is 45.0 Å². The SMILES string of the molecule is C=C(O)C(O)(c1ccc(S(=O)(=O)N2CCN(c3ccc(-c4nn[nH]n4)cc3C(F)(F)F)CC2C)s1)C(F)(F)F. The minimum absolute atomic E-state index is 0.0474. The van der Waals surface area contributed by atoms with Gasteiger partial charge in [0.2, 0.25) is 5.82 Å². The largest absolute Gasteiger partial charge is 0.509 e. The normalized spacial score (nSPS) is 19.2. The van der Waals surface area contributed by atoms with Gasteiger partial charge in [-0.3, -0.25) is 0 Å². The smallest absolute Gasteiger partial charge is 0.429 e. The maximum absolute atomic E-state index is 13.9. The van der Waals surface area contributed by atoms with Gasteiger partial charge in [-0.05, 0) is 42.5 Å². The Morgan fingerprint density at radius 3 is 2.38 bits per heavy atom. The number of tetrazole rings is 1. The highest BCUT2D eigenvalue weighted by atomic mass is 32.2. The highest BCUT2D eigenvalue weighted by molar-refractivity contribution is 7.91. The van der Waals surface area contributed by atoms with E-state index in [-0.39, 0.29) is 48.0 Å². The van der Waals surface area contributed by atoms with Crippen molar-refractivity contribution in [1.82, 2.24) is 24.9 Å². The monoisotopic (exact) mass is 598 g/mol. The van der Waals surface area contributed by atoms with Crippen LogP contribution in [0.25, 0.3) is 11.4 Å². The van der Waals surface area contributed by atoms with Crippen LogP contribution in [0.2, 0.25) is 0 Å². The Balaban J connectivity index is 1.60. The summed E-state index contributed by atoms with van der Waals surface area (Å²) in [7, 11) is -4.42. The van der Waals surface area contributed by atoms with Crippen molar-refractivity contribution in [3.8, 4) is 11.4 Å². The summed E-state index contributed by atoms with van der Waals surface area (Å²) in [6.45, 7) is 3.60. The van der Waals surface area contributed by atoms with Crippen LogP contribution in [0.5, 0.6) is 0 Å². The summed E-state index contributed by atoms with van der Waals surface area (Å²) in [5, 5.41) is 32.4. The van der Waals surface area contributed by atoms with Gasteiger partial charge in [0.15, 0.2) is 0 Å². The molecule has 4 rings (SSSR count). The molecule has 3 heterocycles. The number of benzene rings is 1. The first-order chi connectivity index (χ1) is 18.0. The molecule has 2 aromatic heterocycles. The van der Waals surface area contributed by atoms with Gasteiger partial charge in [0, 0.05) is 36.9 Å². The third-order valence-electron chi connectivity index (χ3n) is 6.14. The van der Waals surface area contributed by atoms with Crippen molar-refractivity contribution in [1.29, 1.82) is 0 Å². The number of halogens is 6. The number of aliphatic hydroxyl groups is 2. The van der Waals surface area contributed by atoms with Crippen LogP contribution < -0.4 is 4.90 Å². The highest BCUT2D eigenvalue weighted by Gasteiger charge is 2.59. The van der Waals surface area contributed by atoms with Crippen molar-refractivity contribution in [3.63, 3.8) is 0 Å². The number of piperazine rings is 1. The molecule has 1 saturated heterocycles. The number of rotatable bonds is 6. The van der Waals surface area contributed by atoms with Gasteiger partial charge < -0.3 is 15.1 Å². The number of alkyl halides is 6. The van der Waals surface area contributed by atoms with E-state index >= 15 is 0 Å². The fourth-order valence-corrected chi connectivity index (χ4v) is 7.37. The van der Waals surface area contributed by atoms with Crippen LogP contribution in [0, 0.1) is 0 Å². The molecule has 0 saturated carbocycles. The van der Waals surface area contributed by atoms with E-state index in [9.17, 15) is 45.0 Å². The second kappa shape index (κ2) is 9.76. The number of aromatic amines is 1. The molecule has 39 heavy (non-hydrogen) atoms.